The molecule has 1 spiro atoms. The van der Waals surface area contributed by atoms with Gasteiger partial charge in [0.05, 0.1) is 0 Å². The minimum Gasteiger partial charge on any atom is -0.303 e. The highest BCUT2D eigenvalue weighted by Crippen LogP contribution is 2.50. The Morgan fingerprint density at radius 1 is 1.21 bits per heavy atom. The number of allylic oxidation sites excluding steroid dienone is 3. The first-order chi connectivity index (χ1) is 9.25. The summed E-state index contributed by atoms with van der Waals surface area (Å²) in [5, 5.41) is 0. The van der Waals surface area contributed by atoms with Crippen LogP contribution in [0.3, 0.4) is 0 Å². The van der Waals surface area contributed by atoms with Gasteiger partial charge in [-0.1, -0.05) is 42.5 Å². The van der Waals surface area contributed by atoms with Gasteiger partial charge in [0, 0.05) is 24.2 Å². The van der Waals surface area contributed by atoms with E-state index in [9.17, 15) is 9.59 Å². The Bertz CT molecular complexity index is 583. The average molecular weight is 252 g/mol. The lowest BCUT2D eigenvalue weighted by molar-refractivity contribution is -0.115. The van der Waals surface area contributed by atoms with Crippen molar-refractivity contribution in [3.8, 4) is 0 Å². The van der Waals surface area contributed by atoms with Gasteiger partial charge in [0.15, 0.2) is 5.78 Å². The zero-order chi connectivity index (χ0) is 13.3. The van der Waals surface area contributed by atoms with Gasteiger partial charge < -0.3 is 4.79 Å². The first kappa shape index (κ1) is 12.1. The maximum absolute atomic E-state index is 11.4. The molecule has 0 aliphatic heterocycles. The number of hydrogen-bond donors (Lipinski definition) is 0. The number of rotatable bonds is 2. The number of ketones is 1. The minimum absolute atomic E-state index is 0.149. The predicted octanol–water partition coefficient (Wildman–Crippen LogP) is 3.29. The van der Waals surface area contributed by atoms with Crippen LogP contribution in [0.4, 0.5) is 0 Å². The number of hydrogen-bond acceptors (Lipinski definition) is 2. The monoisotopic (exact) mass is 252 g/mol. The van der Waals surface area contributed by atoms with Crippen molar-refractivity contribution in [3.63, 3.8) is 0 Å². The van der Waals surface area contributed by atoms with Crippen molar-refractivity contribution in [2.24, 2.45) is 5.41 Å². The molecule has 3 rings (SSSR count). The molecule has 2 nitrogen and oxygen atoms in total. The number of carbonyl (C=O) groups excluding carboxylic acids is 2. The fraction of sp³-hybridized carbons (Fsp3) is 0.294. The first-order valence-electron chi connectivity index (χ1n) is 6.69. The van der Waals surface area contributed by atoms with Gasteiger partial charge in [0.1, 0.15) is 6.29 Å². The second-order valence-corrected chi connectivity index (χ2v) is 5.33. The normalized spacial score (nSPS) is 28.4. The van der Waals surface area contributed by atoms with Gasteiger partial charge >= 0.3 is 0 Å². The fourth-order valence-electron chi connectivity index (χ4n) is 3.26. The van der Waals surface area contributed by atoms with Crippen molar-refractivity contribution in [3.05, 3.63) is 53.6 Å². The van der Waals surface area contributed by atoms with Crippen LogP contribution in [0.15, 0.2) is 42.5 Å². The zero-order valence-electron chi connectivity index (χ0n) is 10.7. The zero-order valence-corrected chi connectivity index (χ0v) is 10.7. The highest BCUT2D eigenvalue weighted by atomic mass is 16.1. The van der Waals surface area contributed by atoms with E-state index in [-0.39, 0.29) is 17.1 Å². The first-order valence-corrected chi connectivity index (χ1v) is 6.69. The molecule has 2 unspecified atom stereocenters. The SMILES string of the molecule is O=CCC1c2ccccc2C=CC12C=CC(=O)CC2. The van der Waals surface area contributed by atoms with Crippen molar-refractivity contribution in [2.45, 2.75) is 25.2 Å². The third-order valence-electron chi connectivity index (χ3n) is 4.31. The van der Waals surface area contributed by atoms with E-state index < -0.39 is 0 Å². The second-order valence-electron chi connectivity index (χ2n) is 5.33. The summed E-state index contributed by atoms with van der Waals surface area (Å²) < 4.78 is 0. The lowest BCUT2D eigenvalue weighted by Crippen LogP contribution is -2.31. The molecule has 2 heteroatoms. The van der Waals surface area contributed by atoms with E-state index in [0.717, 1.165) is 12.7 Å². The van der Waals surface area contributed by atoms with Crippen LogP contribution in [0, 0.1) is 5.41 Å². The Kier molecular flexibility index (Phi) is 2.94. The average Bonchev–Trinajstić information content (AvgIpc) is 2.45. The quantitative estimate of drug-likeness (QED) is 0.757. The predicted molar refractivity (Wildman–Crippen MR) is 74.7 cm³/mol. The summed E-state index contributed by atoms with van der Waals surface area (Å²) in [6, 6.07) is 8.20. The molecule has 0 heterocycles. The summed E-state index contributed by atoms with van der Waals surface area (Å²) in [5.41, 5.74) is 2.24. The molecule has 1 aromatic rings. The smallest absolute Gasteiger partial charge is 0.155 e. The van der Waals surface area contributed by atoms with Crippen molar-refractivity contribution >= 4 is 18.1 Å². The van der Waals surface area contributed by atoms with E-state index in [1.54, 1.807) is 6.08 Å². The van der Waals surface area contributed by atoms with E-state index in [1.165, 1.54) is 11.1 Å². The molecular formula is C17H16O2. The molecule has 2 atom stereocenters. The summed E-state index contributed by atoms with van der Waals surface area (Å²) in [6.07, 6.45) is 10.8. The maximum atomic E-state index is 11.4. The van der Waals surface area contributed by atoms with Crippen molar-refractivity contribution in [1.29, 1.82) is 0 Å². The van der Waals surface area contributed by atoms with Gasteiger partial charge in [-0.15, -0.1) is 0 Å². The summed E-state index contributed by atoms with van der Waals surface area (Å²) >= 11 is 0. The number of aldehydes is 1. The summed E-state index contributed by atoms with van der Waals surface area (Å²) in [5.74, 6) is 0.332. The Balaban J connectivity index is 2.10. The van der Waals surface area contributed by atoms with Crippen LogP contribution in [0.1, 0.15) is 36.3 Å². The van der Waals surface area contributed by atoms with Crippen LogP contribution in [0.2, 0.25) is 0 Å². The Hall–Kier alpha value is -1.96. The van der Waals surface area contributed by atoms with E-state index in [1.807, 2.05) is 18.2 Å². The van der Waals surface area contributed by atoms with Gasteiger partial charge in [-0.05, 0) is 23.6 Å². The molecule has 0 bridgehead atoms. The number of benzene rings is 1. The maximum Gasteiger partial charge on any atom is 0.155 e. The Morgan fingerprint density at radius 3 is 2.74 bits per heavy atom. The topological polar surface area (TPSA) is 34.1 Å². The molecular weight excluding hydrogens is 236 g/mol. The minimum atomic E-state index is -0.164. The largest absolute Gasteiger partial charge is 0.303 e. The standard InChI is InChI=1S/C17H16O2/c18-12-8-16-15-4-2-1-3-13(15)5-9-17(16)10-6-14(19)7-11-17/h1-6,9-10,12,16H,7-8,11H2. The van der Waals surface area contributed by atoms with E-state index in [0.29, 0.717) is 12.8 Å². The third kappa shape index (κ3) is 1.97. The van der Waals surface area contributed by atoms with Gasteiger partial charge in [0.25, 0.3) is 0 Å². The molecule has 0 fully saturated rings. The Labute approximate surface area is 112 Å². The van der Waals surface area contributed by atoms with E-state index >= 15 is 0 Å². The third-order valence-corrected chi connectivity index (χ3v) is 4.31. The highest BCUT2D eigenvalue weighted by molar-refractivity contribution is 5.91. The van der Waals surface area contributed by atoms with Crippen LogP contribution in [0.5, 0.6) is 0 Å². The van der Waals surface area contributed by atoms with Crippen LogP contribution >= 0.6 is 0 Å². The van der Waals surface area contributed by atoms with Crippen molar-refractivity contribution < 1.29 is 9.59 Å². The van der Waals surface area contributed by atoms with Gasteiger partial charge in [0.2, 0.25) is 0 Å². The summed E-state index contributed by atoms with van der Waals surface area (Å²) in [6.45, 7) is 0. The van der Waals surface area contributed by atoms with Gasteiger partial charge in [-0.2, -0.15) is 0 Å². The van der Waals surface area contributed by atoms with Crippen molar-refractivity contribution in [2.75, 3.05) is 0 Å². The second kappa shape index (κ2) is 4.61. The molecule has 2 aliphatic rings. The lowest BCUT2D eigenvalue weighted by Gasteiger charge is -2.40. The van der Waals surface area contributed by atoms with Crippen LogP contribution in [-0.2, 0) is 9.59 Å². The van der Waals surface area contributed by atoms with Gasteiger partial charge in [-0.25, -0.2) is 0 Å². The molecule has 0 aromatic heterocycles. The molecule has 0 amide bonds. The van der Waals surface area contributed by atoms with Crippen LogP contribution in [0.25, 0.3) is 6.08 Å². The molecule has 0 saturated heterocycles. The van der Waals surface area contributed by atoms with E-state index in [2.05, 4.69) is 24.3 Å². The molecule has 1 aromatic carbocycles. The summed E-state index contributed by atoms with van der Waals surface area (Å²) in [7, 11) is 0. The highest BCUT2D eigenvalue weighted by Gasteiger charge is 2.39. The number of carbonyl (C=O) groups is 2. The van der Waals surface area contributed by atoms with Gasteiger partial charge in [-0.3, -0.25) is 4.79 Å². The molecule has 0 radical (unpaired) electrons. The molecule has 19 heavy (non-hydrogen) atoms. The van der Waals surface area contributed by atoms with Crippen LogP contribution < -0.4 is 0 Å². The molecule has 2 aliphatic carbocycles. The molecule has 96 valence electrons. The molecule has 0 N–H and O–H groups in total. The number of fused-ring (bicyclic) bond motifs is 1. The lowest BCUT2D eigenvalue weighted by atomic mass is 9.62. The Morgan fingerprint density at radius 2 is 2.00 bits per heavy atom. The van der Waals surface area contributed by atoms with Crippen molar-refractivity contribution in [1.82, 2.24) is 0 Å². The van der Waals surface area contributed by atoms with E-state index in [4.69, 9.17) is 0 Å². The molecule has 0 saturated carbocycles. The van der Waals surface area contributed by atoms with Crippen LogP contribution in [-0.4, -0.2) is 12.1 Å². The summed E-state index contributed by atoms with van der Waals surface area (Å²) in [4.78, 5) is 22.5. The fourth-order valence-corrected chi connectivity index (χ4v) is 3.26.